The first-order chi connectivity index (χ1) is 12.6. The van der Waals surface area contributed by atoms with Gasteiger partial charge in [0.1, 0.15) is 6.04 Å². The van der Waals surface area contributed by atoms with Crippen LogP contribution in [-0.2, 0) is 15.8 Å². The topological polar surface area (TPSA) is 66.4 Å². The maximum Gasteiger partial charge on any atom is 0.416 e. The maximum atomic E-state index is 12.6. The molecule has 0 heterocycles. The van der Waals surface area contributed by atoms with E-state index in [2.05, 4.69) is 5.32 Å². The van der Waals surface area contributed by atoms with Gasteiger partial charge in [0.25, 0.3) is 0 Å². The number of hydrogen-bond donors (Lipinski definition) is 2. The zero-order chi connectivity index (χ0) is 19.8. The molecular formula is C20H22F3NO3. The number of halogens is 3. The van der Waals surface area contributed by atoms with Crippen molar-refractivity contribution in [2.75, 3.05) is 0 Å². The highest BCUT2D eigenvalue weighted by atomic mass is 19.4. The number of nitrogens with one attached hydrogen (secondary N) is 1. The van der Waals surface area contributed by atoms with Crippen LogP contribution >= 0.6 is 0 Å². The first kappa shape index (κ1) is 19.5. The van der Waals surface area contributed by atoms with Gasteiger partial charge in [-0.2, -0.15) is 13.2 Å². The molecule has 4 atom stereocenters. The Labute approximate surface area is 155 Å². The number of aliphatic carboxylic acids is 1. The monoisotopic (exact) mass is 381 g/mol. The van der Waals surface area contributed by atoms with Crippen LogP contribution in [-0.4, -0.2) is 23.0 Å². The molecule has 2 aliphatic carbocycles. The van der Waals surface area contributed by atoms with E-state index in [0.29, 0.717) is 23.8 Å². The molecule has 1 amide bonds. The molecule has 0 aliphatic heterocycles. The lowest BCUT2D eigenvalue weighted by atomic mass is 9.93. The van der Waals surface area contributed by atoms with Gasteiger partial charge in [0, 0.05) is 6.42 Å². The molecule has 0 aromatic heterocycles. The van der Waals surface area contributed by atoms with Crippen molar-refractivity contribution >= 4 is 11.9 Å². The van der Waals surface area contributed by atoms with Crippen molar-refractivity contribution < 1.29 is 27.9 Å². The number of allylic oxidation sites excluding steroid dienone is 1. The molecule has 3 unspecified atom stereocenters. The number of carboxylic acid groups (broad SMARTS) is 1. The van der Waals surface area contributed by atoms with Gasteiger partial charge in [-0.05, 0) is 60.3 Å². The van der Waals surface area contributed by atoms with Gasteiger partial charge in [0.2, 0.25) is 5.91 Å². The number of carbonyl (C=O) groups excluding carboxylic acids is 1. The van der Waals surface area contributed by atoms with Crippen molar-refractivity contribution in [1.82, 2.24) is 5.32 Å². The first-order valence-corrected chi connectivity index (χ1v) is 9.03. The summed E-state index contributed by atoms with van der Waals surface area (Å²) >= 11 is 0. The van der Waals surface area contributed by atoms with E-state index in [9.17, 15) is 27.9 Å². The summed E-state index contributed by atoms with van der Waals surface area (Å²) in [5, 5.41) is 12.0. The summed E-state index contributed by atoms with van der Waals surface area (Å²) in [7, 11) is 0. The Bertz CT molecular complexity index is 755. The maximum absolute atomic E-state index is 12.6. The van der Waals surface area contributed by atoms with Gasteiger partial charge in [0.15, 0.2) is 0 Å². The molecule has 7 heteroatoms. The predicted molar refractivity (Wildman–Crippen MR) is 93.0 cm³/mol. The number of fused-ring (bicyclic) bond motifs is 1. The minimum atomic E-state index is -4.40. The molecule has 0 radical (unpaired) electrons. The summed E-state index contributed by atoms with van der Waals surface area (Å²) in [4.78, 5) is 23.9. The number of amides is 1. The van der Waals surface area contributed by atoms with E-state index in [1.165, 1.54) is 12.1 Å². The van der Waals surface area contributed by atoms with Gasteiger partial charge in [-0.1, -0.05) is 25.1 Å². The second kappa shape index (κ2) is 7.37. The second-order valence-corrected chi connectivity index (χ2v) is 7.54. The van der Waals surface area contributed by atoms with Crippen molar-refractivity contribution in [3.8, 4) is 0 Å². The number of rotatable bonds is 6. The number of benzene rings is 1. The Balaban J connectivity index is 1.60. The van der Waals surface area contributed by atoms with Crippen molar-refractivity contribution in [2.24, 2.45) is 11.8 Å². The SMILES string of the molecule is CC(CC(=O)N[C@@H](C(=O)O)C1=CCC2CC2C1)c1ccc(C(F)(F)F)cc1. The van der Waals surface area contributed by atoms with E-state index in [4.69, 9.17) is 0 Å². The zero-order valence-electron chi connectivity index (χ0n) is 14.9. The molecule has 2 N–H and O–H groups in total. The average molecular weight is 381 g/mol. The number of hydrogen-bond acceptors (Lipinski definition) is 2. The summed E-state index contributed by atoms with van der Waals surface area (Å²) in [6.45, 7) is 1.73. The molecule has 0 bridgehead atoms. The number of carboxylic acids is 1. The lowest BCUT2D eigenvalue weighted by molar-refractivity contribution is -0.140. The van der Waals surface area contributed by atoms with E-state index in [1.807, 2.05) is 6.08 Å². The normalized spacial score (nSPS) is 23.6. The summed E-state index contributed by atoms with van der Waals surface area (Å²) in [6, 6.07) is 3.66. The minimum Gasteiger partial charge on any atom is -0.479 e. The van der Waals surface area contributed by atoms with Crippen LogP contribution in [0, 0.1) is 11.8 Å². The molecule has 4 nitrogen and oxygen atoms in total. The van der Waals surface area contributed by atoms with Gasteiger partial charge < -0.3 is 10.4 Å². The van der Waals surface area contributed by atoms with Crippen molar-refractivity contribution in [3.63, 3.8) is 0 Å². The third-order valence-electron chi connectivity index (χ3n) is 5.47. The van der Waals surface area contributed by atoms with Crippen LogP contribution in [0.25, 0.3) is 0 Å². The Morgan fingerprint density at radius 1 is 1.22 bits per heavy atom. The smallest absolute Gasteiger partial charge is 0.416 e. The zero-order valence-corrected chi connectivity index (χ0v) is 14.9. The molecule has 0 saturated heterocycles. The highest BCUT2D eigenvalue weighted by molar-refractivity contribution is 5.86. The third kappa shape index (κ3) is 4.70. The molecule has 1 aromatic carbocycles. The number of alkyl halides is 3. The van der Waals surface area contributed by atoms with E-state index in [-0.39, 0.29) is 12.3 Å². The molecule has 0 spiro atoms. The largest absolute Gasteiger partial charge is 0.479 e. The van der Waals surface area contributed by atoms with Gasteiger partial charge in [-0.25, -0.2) is 4.79 Å². The van der Waals surface area contributed by atoms with E-state index in [1.54, 1.807) is 6.92 Å². The van der Waals surface area contributed by atoms with Crippen LogP contribution in [0.15, 0.2) is 35.9 Å². The van der Waals surface area contributed by atoms with Crippen molar-refractivity contribution in [3.05, 3.63) is 47.0 Å². The van der Waals surface area contributed by atoms with Gasteiger partial charge in [-0.3, -0.25) is 4.79 Å². The Hall–Kier alpha value is -2.31. The van der Waals surface area contributed by atoms with E-state index in [0.717, 1.165) is 30.5 Å². The molecular weight excluding hydrogens is 359 g/mol. The fourth-order valence-electron chi connectivity index (χ4n) is 3.70. The summed E-state index contributed by atoms with van der Waals surface area (Å²) in [5.74, 6) is -0.632. The lowest BCUT2D eigenvalue weighted by Gasteiger charge is -2.22. The molecule has 27 heavy (non-hydrogen) atoms. The van der Waals surface area contributed by atoms with Crippen molar-refractivity contribution in [1.29, 1.82) is 0 Å². The Morgan fingerprint density at radius 3 is 2.44 bits per heavy atom. The Morgan fingerprint density at radius 2 is 1.89 bits per heavy atom. The second-order valence-electron chi connectivity index (χ2n) is 7.54. The fraction of sp³-hybridized carbons (Fsp3) is 0.500. The van der Waals surface area contributed by atoms with Gasteiger partial charge in [-0.15, -0.1) is 0 Å². The Kier molecular flexibility index (Phi) is 5.31. The third-order valence-corrected chi connectivity index (χ3v) is 5.47. The predicted octanol–water partition coefficient (Wildman–Crippen LogP) is 4.12. The molecule has 2 aliphatic rings. The van der Waals surface area contributed by atoms with Crippen LogP contribution in [0.2, 0.25) is 0 Å². The van der Waals surface area contributed by atoms with Crippen LogP contribution in [0.5, 0.6) is 0 Å². The molecule has 3 rings (SSSR count). The van der Waals surface area contributed by atoms with Crippen molar-refractivity contribution in [2.45, 2.75) is 50.7 Å². The molecule has 1 fully saturated rings. The molecule has 146 valence electrons. The summed E-state index contributed by atoms with van der Waals surface area (Å²) in [6.07, 6.45) is 0.215. The average Bonchev–Trinajstić information content (AvgIpc) is 3.37. The van der Waals surface area contributed by atoms with E-state index >= 15 is 0 Å². The first-order valence-electron chi connectivity index (χ1n) is 9.03. The van der Waals surface area contributed by atoms with Gasteiger partial charge >= 0.3 is 12.1 Å². The summed E-state index contributed by atoms with van der Waals surface area (Å²) in [5.41, 5.74) is 0.607. The van der Waals surface area contributed by atoms with E-state index < -0.39 is 29.7 Å². The van der Waals surface area contributed by atoms with Crippen LogP contribution in [0.3, 0.4) is 0 Å². The fourth-order valence-corrected chi connectivity index (χ4v) is 3.70. The van der Waals surface area contributed by atoms with Crippen LogP contribution < -0.4 is 5.32 Å². The lowest BCUT2D eigenvalue weighted by Crippen LogP contribution is -2.43. The standard InChI is InChI=1S/C20H22F3NO3/c1-11(12-4-6-16(7-5-12)20(21,22)23)8-17(25)24-18(19(26)27)14-3-2-13-9-15(13)10-14/h3-7,11,13,15,18H,2,8-10H2,1H3,(H,24,25)(H,26,27)/t11?,13?,15?,18-/m1/s1. The minimum absolute atomic E-state index is 0.00841. The number of carbonyl (C=O) groups is 2. The molecule has 1 saturated carbocycles. The van der Waals surface area contributed by atoms with Crippen LogP contribution in [0.4, 0.5) is 13.2 Å². The summed E-state index contributed by atoms with van der Waals surface area (Å²) < 4.78 is 37.9. The van der Waals surface area contributed by atoms with Crippen LogP contribution in [0.1, 0.15) is 49.7 Å². The molecule has 1 aromatic rings. The highest BCUT2D eigenvalue weighted by Crippen LogP contribution is 2.49. The highest BCUT2D eigenvalue weighted by Gasteiger charge is 2.41. The van der Waals surface area contributed by atoms with Gasteiger partial charge in [0.05, 0.1) is 5.56 Å². The quantitative estimate of drug-likeness (QED) is 0.729.